The highest BCUT2D eigenvalue weighted by molar-refractivity contribution is 6.06. The standard InChI is InChI=1S/C23H20N4O2/c1-15-11-21(24)20-12-17(8-9-22(20)26-15)27-23(28)19-7-3-2-5-16(19)14-29-18-6-4-10-25-13-18/h2-13H,14H2,1H3,(H2,24,26)(H,27,28). The molecular formula is C23H20N4O2. The number of amides is 1. The molecular weight excluding hydrogens is 364 g/mol. The largest absolute Gasteiger partial charge is 0.487 e. The summed E-state index contributed by atoms with van der Waals surface area (Å²) in [4.78, 5) is 21.4. The first-order chi connectivity index (χ1) is 14.1. The van der Waals surface area contributed by atoms with E-state index in [1.54, 1.807) is 24.5 Å². The summed E-state index contributed by atoms with van der Waals surface area (Å²) >= 11 is 0. The summed E-state index contributed by atoms with van der Waals surface area (Å²) in [5, 5.41) is 3.75. The van der Waals surface area contributed by atoms with Crippen LogP contribution in [0.5, 0.6) is 5.75 Å². The summed E-state index contributed by atoms with van der Waals surface area (Å²) in [6, 6.07) is 18.3. The first-order valence-corrected chi connectivity index (χ1v) is 9.19. The number of nitrogens with zero attached hydrogens (tertiary/aromatic N) is 2. The van der Waals surface area contributed by atoms with Crippen molar-refractivity contribution in [2.24, 2.45) is 0 Å². The van der Waals surface area contributed by atoms with Crippen LogP contribution in [-0.2, 0) is 6.61 Å². The van der Waals surface area contributed by atoms with E-state index in [-0.39, 0.29) is 12.5 Å². The molecule has 0 bridgehead atoms. The molecule has 0 aliphatic heterocycles. The number of benzene rings is 2. The summed E-state index contributed by atoms with van der Waals surface area (Å²) in [7, 11) is 0. The van der Waals surface area contributed by atoms with E-state index in [0.29, 0.717) is 22.7 Å². The van der Waals surface area contributed by atoms with E-state index in [1.807, 2.05) is 55.5 Å². The molecule has 0 atom stereocenters. The number of hydrogen-bond acceptors (Lipinski definition) is 5. The van der Waals surface area contributed by atoms with Gasteiger partial charge in [0, 0.05) is 39.8 Å². The van der Waals surface area contributed by atoms with Crippen LogP contribution in [0.25, 0.3) is 10.9 Å². The lowest BCUT2D eigenvalue weighted by Gasteiger charge is -2.12. The number of rotatable bonds is 5. The summed E-state index contributed by atoms with van der Waals surface area (Å²) in [6.45, 7) is 2.17. The number of carbonyl (C=O) groups excluding carboxylic acids is 1. The lowest BCUT2D eigenvalue weighted by atomic mass is 10.1. The Kier molecular flexibility index (Phi) is 5.07. The second-order valence-electron chi connectivity index (χ2n) is 6.67. The molecule has 4 rings (SSSR count). The number of pyridine rings is 2. The fourth-order valence-corrected chi connectivity index (χ4v) is 3.13. The van der Waals surface area contributed by atoms with Crippen molar-refractivity contribution < 1.29 is 9.53 Å². The van der Waals surface area contributed by atoms with Crippen LogP contribution in [-0.4, -0.2) is 15.9 Å². The van der Waals surface area contributed by atoms with Gasteiger partial charge >= 0.3 is 0 Å². The predicted octanol–water partition coefficient (Wildman–Crippen LogP) is 4.35. The molecule has 2 aromatic heterocycles. The van der Waals surface area contributed by atoms with Gasteiger partial charge in [0.25, 0.3) is 5.91 Å². The second-order valence-corrected chi connectivity index (χ2v) is 6.67. The first kappa shape index (κ1) is 18.4. The average molecular weight is 384 g/mol. The monoisotopic (exact) mass is 384 g/mol. The van der Waals surface area contributed by atoms with Crippen molar-refractivity contribution in [3.8, 4) is 5.75 Å². The predicted molar refractivity (Wildman–Crippen MR) is 114 cm³/mol. The Morgan fingerprint density at radius 3 is 2.79 bits per heavy atom. The van der Waals surface area contributed by atoms with E-state index in [2.05, 4.69) is 15.3 Å². The van der Waals surface area contributed by atoms with Gasteiger partial charge in [-0.1, -0.05) is 18.2 Å². The number of nitrogen functional groups attached to an aromatic ring is 1. The molecule has 0 saturated heterocycles. The van der Waals surface area contributed by atoms with Crippen LogP contribution >= 0.6 is 0 Å². The topological polar surface area (TPSA) is 90.1 Å². The first-order valence-electron chi connectivity index (χ1n) is 9.19. The number of aryl methyl sites for hydroxylation is 1. The molecule has 0 radical (unpaired) electrons. The number of hydrogen-bond donors (Lipinski definition) is 2. The molecule has 0 saturated carbocycles. The van der Waals surface area contributed by atoms with Crippen LogP contribution in [0.2, 0.25) is 0 Å². The van der Waals surface area contributed by atoms with Crippen LogP contribution in [0.3, 0.4) is 0 Å². The third-order valence-corrected chi connectivity index (χ3v) is 4.52. The van der Waals surface area contributed by atoms with Gasteiger partial charge < -0.3 is 15.8 Å². The van der Waals surface area contributed by atoms with E-state index in [1.165, 1.54) is 0 Å². The molecule has 0 spiro atoms. The van der Waals surface area contributed by atoms with Gasteiger partial charge in [-0.3, -0.25) is 14.8 Å². The highest BCUT2D eigenvalue weighted by Crippen LogP contribution is 2.24. The number of carbonyl (C=O) groups is 1. The number of nitrogens with two attached hydrogens (primary N) is 1. The maximum atomic E-state index is 12.9. The zero-order valence-corrected chi connectivity index (χ0v) is 15.9. The molecule has 0 fully saturated rings. The van der Waals surface area contributed by atoms with Crippen molar-refractivity contribution in [3.63, 3.8) is 0 Å². The molecule has 144 valence electrons. The molecule has 0 aliphatic rings. The Hall–Kier alpha value is -3.93. The van der Waals surface area contributed by atoms with E-state index in [9.17, 15) is 4.79 Å². The minimum absolute atomic E-state index is 0.214. The fraction of sp³-hybridized carbons (Fsp3) is 0.0870. The molecule has 4 aromatic rings. The normalized spacial score (nSPS) is 10.7. The molecule has 6 nitrogen and oxygen atoms in total. The Morgan fingerprint density at radius 1 is 1.10 bits per heavy atom. The quantitative estimate of drug-likeness (QED) is 0.534. The summed E-state index contributed by atoms with van der Waals surface area (Å²) in [5.41, 5.74) is 10.4. The smallest absolute Gasteiger partial charge is 0.256 e. The number of ether oxygens (including phenoxy) is 1. The summed E-state index contributed by atoms with van der Waals surface area (Å²) in [5.74, 6) is 0.434. The Balaban J connectivity index is 1.55. The van der Waals surface area contributed by atoms with Crippen molar-refractivity contribution in [1.82, 2.24) is 9.97 Å². The maximum Gasteiger partial charge on any atom is 0.256 e. The molecule has 2 heterocycles. The third-order valence-electron chi connectivity index (χ3n) is 4.52. The number of fused-ring (bicyclic) bond motifs is 1. The molecule has 6 heteroatoms. The van der Waals surface area contributed by atoms with E-state index in [0.717, 1.165) is 22.2 Å². The van der Waals surface area contributed by atoms with Crippen molar-refractivity contribution in [3.05, 3.63) is 89.9 Å². The summed E-state index contributed by atoms with van der Waals surface area (Å²) in [6.07, 6.45) is 3.32. The number of anilines is 2. The maximum absolute atomic E-state index is 12.9. The van der Waals surface area contributed by atoms with Crippen LogP contribution in [0.15, 0.2) is 73.1 Å². The minimum atomic E-state index is -0.214. The van der Waals surface area contributed by atoms with Crippen molar-refractivity contribution in [2.45, 2.75) is 13.5 Å². The molecule has 1 amide bonds. The lowest BCUT2D eigenvalue weighted by molar-refractivity contribution is 0.102. The van der Waals surface area contributed by atoms with Crippen molar-refractivity contribution in [1.29, 1.82) is 0 Å². The summed E-state index contributed by atoms with van der Waals surface area (Å²) < 4.78 is 5.75. The Bertz CT molecular complexity index is 1180. The van der Waals surface area contributed by atoms with Crippen LogP contribution in [0.1, 0.15) is 21.6 Å². The minimum Gasteiger partial charge on any atom is -0.487 e. The second kappa shape index (κ2) is 7.98. The Labute approximate surface area is 168 Å². The van der Waals surface area contributed by atoms with Crippen LogP contribution in [0, 0.1) is 6.92 Å². The van der Waals surface area contributed by atoms with Gasteiger partial charge in [0.2, 0.25) is 0 Å². The van der Waals surface area contributed by atoms with E-state index < -0.39 is 0 Å². The van der Waals surface area contributed by atoms with Crippen LogP contribution in [0.4, 0.5) is 11.4 Å². The van der Waals surface area contributed by atoms with Gasteiger partial charge in [0.05, 0.1) is 11.7 Å². The molecule has 0 aliphatic carbocycles. The van der Waals surface area contributed by atoms with E-state index in [4.69, 9.17) is 10.5 Å². The van der Waals surface area contributed by atoms with Gasteiger partial charge in [0.1, 0.15) is 12.4 Å². The molecule has 3 N–H and O–H groups in total. The lowest BCUT2D eigenvalue weighted by Crippen LogP contribution is -2.15. The van der Waals surface area contributed by atoms with Crippen LogP contribution < -0.4 is 15.8 Å². The number of nitrogens with one attached hydrogen (secondary N) is 1. The average Bonchev–Trinajstić information content (AvgIpc) is 2.73. The van der Waals surface area contributed by atoms with E-state index >= 15 is 0 Å². The molecule has 29 heavy (non-hydrogen) atoms. The van der Waals surface area contributed by atoms with Crippen molar-refractivity contribution in [2.75, 3.05) is 11.1 Å². The van der Waals surface area contributed by atoms with Gasteiger partial charge in [-0.2, -0.15) is 0 Å². The number of aromatic nitrogens is 2. The van der Waals surface area contributed by atoms with Gasteiger partial charge in [0.15, 0.2) is 0 Å². The molecule has 0 unspecified atom stereocenters. The highest BCUT2D eigenvalue weighted by atomic mass is 16.5. The SMILES string of the molecule is Cc1cc(N)c2cc(NC(=O)c3ccccc3COc3cccnc3)ccc2n1. The fourth-order valence-electron chi connectivity index (χ4n) is 3.13. The zero-order chi connectivity index (χ0) is 20.2. The van der Waals surface area contributed by atoms with Gasteiger partial charge in [-0.15, -0.1) is 0 Å². The molecule has 2 aromatic carbocycles. The Morgan fingerprint density at radius 2 is 1.97 bits per heavy atom. The van der Waals surface area contributed by atoms with Crippen molar-refractivity contribution >= 4 is 28.2 Å². The van der Waals surface area contributed by atoms with Gasteiger partial charge in [-0.05, 0) is 49.4 Å². The zero-order valence-electron chi connectivity index (χ0n) is 15.9. The highest BCUT2D eigenvalue weighted by Gasteiger charge is 2.13. The third kappa shape index (κ3) is 4.16. The van der Waals surface area contributed by atoms with Gasteiger partial charge in [-0.25, -0.2) is 0 Å².